The van der Waals surface area contributed by atoms with Gasteiger partial charge in [-0.05, 0) is 176 Å². The van der Waals surface area contributed by atoms with Crippen molar-refractivity contribution >= 4 is 34.5 Å². The Kier molecular flexibility index (Phi) is 35.5. The zero-order chi connectivity index (χ0) is 91.3. The second-order valence-electron chi connectivity index (χ2n) is 39.2. The molecule has 2 spiro atoms. The van der Waals surface area contributed by atoms with Crippen LogP contribution in [0.25, 0.3) is 0 Å². The monoisotopic (exact) mass is 1990 g/mol. The maximum atomic E-state index is 14.3. The summed E-state index contributed by atoms with van der Waals surface area (Å²) >= 11 is 2.16. The summed E-state index contributed by atoms with van der Waals surface area (Å²) in [4.78, 5) is 27.0. The summed E-state index contributed by atoms with van der Waals surface area (Å²) in [6.45, 7) is 23.8. The van der Waals surface area contributed by atoms with Gasteiger partial charge in [-0.1, -0.05) is 51.0 Å². The van der Waals surface area contributed by atoms with Gasteiger partial charge in [-0.25, -0.2) is 0 Å². The van der Waals surface area contributed by atoms with Crippen molar-refractivity contribution in [1.29, 1.82) is 0 Å². The minimum Gasteiger partial charge on any atom is -0.481 e. The number of halogens is 1. The van der Waals surface area contributed by atoms with Gasteiger partial charge in [-0.2, -0.15) is 13.8 Å². The number of carboxylic acid groups (broad SMARTS) is 1. The molecule has 7 saturated heterocycles. The molecule has 37 nitrogen and oxygen atoms in total. The van der Waals surface area contributed by atoms with E-state index in [1.165, 1.54) is 13.8 Å². The van der Waals surface area contributed by atoms with Gasteiger partial charge in [-0.15, -0.1) is 0 Å². The molecule has 126 heavy (non-hydrogen) atoms. The quantitative estimate of drug-likeness (QED) is 0.0293. The van der Waals surface area contributed by atoms with E-state index in [2.05, 4.69) is 56.5 Å². The molecule has 0 amide bonds. The zero-order valence-corrected chi connectivity index (χ0v) is 77.7. The van der Waals surface area contributed by atoms with E-state index in [9.17, 15) is 127 Å². The molecule has 15 aliphatic rings. The van der Waals surface area contributed by atoms with Crippen molar-refractivity contribution in [2.75, 3.05) is 33.0 Å². The van der Waals surface area contributed by atoms with Crippen molar-refractivity contribution in [3.8, 4) is 0 Å². The number of rotatable bonds is 18. The van der Waals surface area contributed by atoms with Crippen LogP contribution in [0.3, 0.4) is 0 Å². The van der Waals surface area contributed by atoms with Gasteiger partial charge in [0, 0.05) is 47.9 Å². The van der Waals surface area contributed by atoms with Crippen LogP contribution in [-0.2, 0) is 104 Å². The second kappa shape index (κ2) is 41.7. The summed E-state index contributed by atoms with van der Waals surface area (Å²) in [6, 6.07) is 0. The fourth-order valence-corrected chi connectivity index (χ4v) is 26.5. The van der Waals surface area contributed by atoms with Gasteiger partial charge < -0.3 is 204 Å². The Morgan fingerprint density at radius 1 is 0.397 bits per heavy atom. The Morgan fingerprint density at radius 2 is 0.683 bits per heavy atom. The molecule has 7 heterocycles. The SMILES string of the molecule is C=C1C[C@@]23CC[C@H]4[C@@](C)(CCC[C@@]4(C)C(=O)O)[C@@H]2CC[C@]1(C1OC(CO)C(O)C(OC2OC(CO)C(O)C(O)C2O)C1OC1OC(C)C(O)C(O)C1O)C3.C=C1C[C@@]23CC[C@H]4[C@@](C)(CCC[C@@]4(C)C(=O)OC4OC(CO)C(O)C(O)C4O)[C@@H]2CC[C@]1(C1OC(CO)C(O)C(OC2OC(CO)C(O)C(O)C2O)C1OC1OC(C)C(O)C(O)C1O)C3.C[CH-]I.[CH2-]C.[V].[V]. The van der Waals surface area contributed by atoms with Crippen molar-refractivity contribution in [2.45, 2.75) is 386 Å². The number of aliphatic hydroxyl groups excluding tert-OH is 22. The van der Waals surface area contributed by atoms with Crippen LogP contribution in [0.1, 0.15) is 171 Å². The molecule has 0 aromatic heterocycles. The third-order valence-electron chi connectivity index (χ3n) is 32.8. The Labute approximate surface area is 772 Å². The van der Waals surface area contributed by atoms with E-state index in [0.717, 1.165) is 43.3 Å². The fraction of sp³-hybridized carbons (Fsp3) is 0.907. The van der Waals surface area contributed by atoms with Gasteiger partial charge in [0.25, 0.3) is 0 Å². The van der Waals surface area contributed by atoms with Crippen LogP contribution in [-0.4, -0.2) is 377 Å². The third-order valence-corrected chi connectivity index (χ3v) is 32.8. The van der Waals surface area contributed by atoms with Crippen LogP contribution in [0.2, 0.25) is 0 Å². The van der Waals surface area contributed by atoms with Crippen LogP contribution in [0.15, 0.2) is 24.3 Å². The van der Waals surface area contributed by atoms with Crippen molar-refractivity contribution < 1.29 is 221 Å². The molecule has 8 saturated carbocycles. The van der Waals surface area contributed by atoms with Crippen molar-refractivity contribution in [3.05, 3.63) is 35.7 Å². The number of hydrogen-bond acceptors (Lipinski definition) is 36. The van der Waals surface area contributed by atoms with E-state index in [0.29, 0.717) is 83.5 Å². The third kappa shape index (κ3) is 18.4. The van der Waals surface area contributed by atoms with Crippen molar-refractivity contribution in [1.82, 2.24) is 0 Å². The van der Waals surface area contributed by atoms with Crippen LogP contribution in [0.4, 0.5) is 0 Å². The fourth-order valence-electron chi connectivity index (χ4n) is 26.5. The smallest absolute Gasteiger partial charge is 0.314 e. The summed E-state index contributed by atoms with van der Waals surface area (Å²) in [5.41, 5.74) is -3.35. The summed E-state index contributed by atoms with van der Waals surface area (Å²) in [5.74, 6) is -1.37. The standard InChI is InChI=1S/C44H70O21.C38H60O16.C2H4I.C2H5.2V/c1-17-12-43-10-6-22-41(3,8-5-9-42(22,4)40(58)65-39-33(57)30(54)26(50)20(14-46)62-39)23(43)7-11-44(17,16-43)36-35(64-37-31(55)28(52)24(48)18(2)59-37)34(27(51)21(15-47)60-36)63-38-32(56)29(53)25(49)19(13-45)61-38;1-16-12-37-10-6-20-35(3,8-5-9-36(20,4)34(48)49)21(37)7-11-38(16,15-37)31-30(54-32-27(46)25(44)22(41)17(2)50-32)29(24(43)19(14-40)51-31)53-33-28(47)26(45)23(42)18(13-39)52-33;1-2-3;1-2;;/h18-39,45-57H,1,5-16H2,2-4H3;17-33,39-47H,1,5-15H2,2-4H3,(H,48,49);2H,1H3;1H2,2H3;;/q;;2*-1;;/t18?,19?,20?,21?,22-,23-,24?,25?,26?,27?,28?,29?,30?,31?,32?,33?,34?,35?,36?,37?,38?,39?,41+,42+,43+,44-;17?,18?,19?,20-,21-,22?,23?,24?,25?,26?,27?,28?,29?,30?,31?,32?,33?,35+,36+,37+,38-;;;;/m00..../s1. The first kappa shape index (κ1) is 107. The number of ether oxygens (including phenoxy) is 12. The number of aliphatic carboxylic acids is 1. The van der Waals surface area contributed by atoms with Crippen LogP contribution < -0.4 is 0 Å². The Morgan fingerprint density at radius 3 is 1.02 bits per heavy atom. The average Bonchev–Trinajstić information content (AvgIpc) is 1.51. The summed E-state index contributed by atoms with van der Waals surface area (Å²) in [5, 5.41) is 245. The first-order valence-electron chi connectivity index (χ1n) is 44.1. The minimum atomic E-state index is -1.90. The normalized spacial score (nSPS) is 53.1. The minimum absolute atomic E-state index is 0. The summed E-state index contributed by atoms with van der Waals surface area (Å²) in [7, 11) is 0. The molecular formula is C86H139IO37V2-2. The van der Waals surface area contributed by atoms with Crippen LogP contribution in [0.5, 0.6) is 0 Å². The largest absolute Gasteiger partial charge is 0.481 e. The van der Waals surface area contributed by atoms with E-state index in [1.54, 1.807) is 6.92 Å². The van der Waals surface area contributed by atoms with E-state index in [1.807, 2.05) is 25.2 Å². The van der Waals surface area contributed by atoms with Gasteiger partial charge in [0.1, 0.15) is 159 Å². The number of carboxylic acids is 1. The number of esters is 1. The first-order chi connectivity index (χ1) is 58.4. The zero-order valence-electron chi connectivity index (χ0n) is 72.8. The Bertz CT molecular complexity index is 3630. The molecular weight excluding hydrogens is 1850 g/mol. The van der Waals surface area contributed by atoms with Gasteiger partial charge in [-0.3, -0.25) is 14.0 Å². The van der Waals surface area contributed by atoms with E-state index in [4.69, 9.17) is 56.8 Å². The van der Waals surface area contributed by atoms with Crippen LogP contribution >= 0.6 is 22.6 Å². The maximum Gasteiger partial charge on any atom is 0.314 e. The maximum absolute atomic E-state index is 14.3. The van der Waals surface area contributed by atoms with Crippen molar-refractivity contribution in [2.24, 2.45) is 67.0 Å². The van der Waals surface area contributed by atoms with E-state index >= 15 is 0 Å². The molecule has 7 aliphatic heterocycles. The van der Waals surface area contributed by atoms with Gasteiger partial charge in [0.15, 0.2) is 25.2 Å². The molecule has 0 aromatic carbocycles. The average molecular weight is 1990 g/mol. The molecule has 4 bridgehead atoms. The van der Waals surface area contributed by atoms with Gasteiger partial charge in [0.05, 0.1) is 68.3 Å². The molecule has 35 unspecified atom stereocenters. The number of fused-ring (bicyclic) bond motifs is 6. The Hall–Kier alpha value is -1.00. The van der Waals surface area contributed by atoms with E-state index in [-0.39, 0.29) is 71.6 Å². The predicted molar refractivity (Wildman–Crippen MR) is 435 cm³/mol. The molecule has 15 fully saturated rings. The Balaban J connectivity index is 0.000000250. The predicted octanol–water partition coefficient (Wildman–Crippen LogP) is -2.45. The number of carbonyl (C=O) groups is 2. The molecule has 724 valence electrons. The summed E-state index contributed by atoms with van der Waals surface area (Å²) < 4.78 is 75.3. The molecule has 15 rings (SSSR count). The number of aliphatic hydroxyl groups is 22. The second-order valence-corrected chi connectivity index (χ2v) is 40.4. The van der Waals surface area contributed by atoms with Gasteiger partial charge >= 0.3 is 11.9 Å². The topological polar surface area (TPSA) is 610 Å². The first-order valence-corrected chi connectivity index (χ1v) is 45.4. The molecule has 23 N–H and O–H groups in total. The molecule has 40 heteroatoms. The molecule has 0 aromatic rings. The molecule has 8 aliphatic carbocycles. The van der Waals surface area contributed by atoms with Crippen molar-refractivity contribution in [3.63, 3.8) is 0 Å². The summed E-state index contributed by atoms with van der Waals surface area (Å²) in [6.07, 6.45) is -42.5. The molecule has 47 atom stereocenters. The van der Waals surface area contributed by atoms with Gasteiger partial charge in [0.2, 0.25) is 6.29 Å². The molecule has 2 radical (unpaired) electrons. The van der Waals surface area contributed by atoms with Crippen LogP contribution in [0, 0.1) is 78.3 Å². The van der Waals surface area contributed by atoms with E-state index < -0.39 is 292 Å². The number of carbonyl (C=O) groups excluding carboxylic acids is 1. The number of hydrogen-bond donors (Lipinski definition) is 23.